The van der Waals surface area contributed by atoms with E-state index in [4.69, 9.17) is 14.2 Å². The van der Waals surface area contributed by atoms with Gasteiger partial charge in [-0.25, -0.2) is 4.79 Å². The number of rotatable bonds is 8. The highest BCUT2D eigenvalue weighted by atomic mass is 16.7. The van der Waals surface area contributed by atoms with Crippen molar-refractivity contribution in [3.05, 3.63) is 12.2 Å². The molecule has 0 aliphatic heterocycles. The fourth-order valence-electron chi connectivity index (χ4n) is 8.09. The van der Waals surface area contributed by atoms with Gasteiger partial charge in [-0.3, -0.25) is 0 Å². The number of hydrogen-bond donors (Lipinski definition) is 0. The molecule has 4 rings (SSSR count). The number of hydrogen-bond acceptors (Lipinski definition) is 4. The van der Waals surface area contributed by atoms with Gasteiger partial charge in [-0.15, -0.1) is 0 Å². The minimum atomic E-state index is -0.441. The van der Waals surface area contributed by atoms with Crippen molar-refractivity contribution >= 4 is 6.16 Å². The van der Waals surface area contributed by atoms with Crippen LogP contribution in [0.5, 0.6) is 0 Å². The molecule has 0 amide bonds. The third-order valence-corrected chi connectivity index (χ3v) is 9.90. The molecule has 0 radical (unpaired) electrons. The highest BCUT2D eigenvalue weighted by molar-refractivity contribution is 5.60. The summed E-state index contributed by atoms with van der Waals surface area (Å²) >= 11 is 0. The normalized spacial score (nSPS) is 42.6. The molecule has 0 spiro atoms. The van der Waals surface area contributed by atoms with Crippen LogP contribution in [0.4, 0.5) is 4.79 Å². The number of unbranched alkanes of at least 4 members (excludes halogenated alkanes) is 3. The van der Waals surface area contributed by atoms with Gasteiger partial charge in [-0.1, -0.05) is 52.2 Å². The summed E-state index contributed by atoms with van der Waals surface area (Å²) in [5.74, 6) is 2.91. The van der Waals surface area contributed by atoms with Crippen LogP contribution >= 0.6 is 0 Å². The standard InChI is InChI=1S/C28H46O4/c1-5-7-8-9-18-31-26(29)32-25-13-12-23-22-11-10-20-19-21(30-6-2)14-16-27(20,3)24(22)15-17-28(23,25)4/h14,16,20-25H,5-13,15,17-19H2,1-4H3/t20-,21+,22-,23-,24-,25-,27-,28-/m0/s1. The Labute approximate surface area is 195 Å². The summed E-state index contributed by atoms with van der Waals surface area (Å²) in [7, 11) is 0. The second kappa shape index (κ2) is 10.1. The van der Waals surface area contributed by atoms with Crippen LogP contribution < -0.4 is 0 Å². The van der Waals surface area contributed by atoms with Crippen LogP contribution in [0.15, 0.2) is 12.2 Å². The average molecular weight is 447 g/mol. The van der Waals surface area contributed by atoms with Gasteiger partial charge in [-0.05, 0) is 87.4 Å². The summed E-state index contributed by atoms with van der Waals surface area (Å²) in [6.07, 6.45) is 17.6. The minimum absolute atomic E-state index is 0.0198. The zero-order chi connectivity index (χ0) is 22.8. The fourth-order valence-corrected chi connectivity index (χ4v) is 8.09. The summed E-state index contributed by atoms with van der Waals surface area (Å²) in [6, 6.07) is 0. The van der Waals surface area contributed by atoms with Gasteiger partial charge < -0.3 is 14.2 Å². The first-order valence-corrected chi connectivity index (χ1v) is 13.6. The molecule has 8 atom stereocenters. The fraction of sp³-hybridized carbons (Fsp3) is 0.893. The molecule has 0 saturated heterocycles. The SMILES string of the molecule is CCCCCCOC(=O)O[C@H]1CC[C@H]2[C@@H]3CC[C@H]4C[C@H](OCC)C=C[C@]4(C)[C@H]3CC[C@]12C. The van der Waals surface area contributed by atoms with Crippen molar-refractivity contribution in [3.63, 3.8) is 0 Å². The zero-order valence-electron chi connectivity index (χ0n) is 20.9. The summed E-state index contributed by atoms with van der Waals surface area (Å²) in [4.78, 5) is 12.4. The van der Waals surface area contributed by atoms with Crippen molar-refractivity contribution < 1.29 is 19.0 Å². The van der Waals surface area contributed by atoms with Crippen LogP contribution in [0.1, 0.15) is 98.3 Å². The summed E-state index contributed by atoms with van der Waals surface area (Å²) in [6.45, 7) is 10.5. The van der Waals surface area contributed by atoms with Gasteiger partial charge in [0.2, 0.25) is 0 Å². The van der Waals surface area contributed by atoms with Crippen molar-refractivity contribution in [1.82, 2.24) is 0 Å². The Balaban J connectivity index is 1.38. The van der Waals surface area contributed by atoms with E-state index in [9.17, 15) is 4.79 Å². The third-order valence-electron chi connectivity index (χ3n) is 9.90. The molecule has 0 unspecified atom stereocenters. The number of fused-ring (bicyclic) bond motifs is 5. The van der Waals surface area contributed by atoms with E-state index in [-0.39, 0.29) is 11.5 Å². The van der Waals surface area contributed by atoms with Crippen molar-refractivity contribution in [2.75, 3.05) is 13.2 Å². The van der Waals surface area contributed by atoms with E-state index in [1.807, 2.05) is 0 Å². The third kappa shape index (κ3) is 4.50. The molecule has 3 fully saturated rings. The van der Waals surface area contributed by atoms with Crippen LogP contribution in [0.2, 0.25) is 0 Å². The summed E-state index contributed by atoms with van der Waals surface area (Å²) in [5.41, 5.74) is 0.409. The zero-order valence-corrected chi connectivity index (χ0v) is 20.9. The lowest BCUT2D eigenvalue weighted by Gasteiger charge is -2.59. The molecular formula is C28H46O4. The van der Waals surface area contributed by atoms with E-state index in [1.165, 1.54) is 44.9 Å². The second-order valence-corrected chi connectivity index (χ2v) is 11.5. The van der Waals surface area contributed by atoms with E-state index in [0.717, 1.165) is 50.0 Å². The Morgan fingerprint density at radius 1 is 1.00 bits per heavy atom. The first-order chi connectivity index (χ1) is 15.4. The van der Waals surface area contributed by atoms with Gasteiger partial charge in [0.15, 0.2) is 0 Å². The molecule has 4 heteroatoms. The van der Waals surface area contributed by atoms with Crippen LogP contribution in [-0.4, -0.2) is 31.6 Å². The first kappa shape index (κ1) is 24.1. The first-order valence-electron chi connectivity index (χ1n) is 13.6. The van der Waals surface area contributed by atoms with Crippen molar-refractivity contribution in [2.45, 2.75) is 111 Å². The molecule has 4 nitrogen and oxygen atoms in total. The van der Waals surface area contributed by atoms with Crippen molar-refractivity contribution in [3.8, 4) is 0 Å². The van der Waals surface area contributed by atoms with Gasteiger partial charge in [-0.2, -0.15) is 0 Å². The number of carbonyl (C=O) groups is 1. The second-order valence-electron chi connectivity index (χ2n) is 11.5. The van der Waals surface area contributed by atoms with Gasteiger partial charge in [0.1, 0.15) is 6.10 Å². The highest BCUT2D eigenvalue weighted by Crippen LogP contribution is 2.65. The smallest absolute Gasteiger partial charge is 0.434 e. The maximum Gasteiger partial charge on any atom is 0.508 e. The van der Waals surface area contributed by atoms with Crippen LogP contribution in [0.25, 0.3) is 0 Å². The minimum Gasteiger partial charge on any atom is -0.434 e. The van der Waals surface area contributed by atoms with E-state index >= 15 is 0 Å². The van der Waals surface area contributed by atoms with E-state index < -0.39 is 6.16 Å². The van der Waals surface area contributed by atoms with E-state index in [1.54, 1.807) is 0 Å². The Kier molecular flexibility index (Phi) is 7.59. The Bertz CT molecular complexity index is 674. The molecule has 32 heavy (non-hydrogen) atoms. The van der Waals surface area contributed by atoms with Gasteiger partial charge in [0.05, 0.1) is 12.7 Å². The monoisotopic (exact) mass is 446 g/mol. The molecule has 0 bridgehead atoms. The number of carbonyl (C=O) groups excluding carboxylic acids is 1. The van der Waals surface area contributed by atoms with Crippen molar-refractivity contribution in [2.24, 2.45) is 34.5 Å². The predicted molar refractivity (Wildman–Crippen MR) is 127 cm³/mol. The summed E-state index contributed by atoms with van der Waals surface area (Å²) < 4.78 is 17.3. The predicted octanol–water partition coefficient (Wildman–Crippen LogP) is 7.31. The molecule has 182 valence electrons. The van der Waals surface area contributed by atoms with E-state index in [2.05, 4.69) is 39.8 Å². The molecule has 3 saturated carbocycles. The van der Waals surface area contributed by atoms with Gasteiger partial charge in [0.25, 0.3) is 0 Å². The molecular weight excluding hydrogens is 400 g/mol. The topological polar surface area (TPSA) is 44.8 Å². The molecule has 0 aromatic heterocycles. The lowest BCUT2D eigenvalue weighted by Crippen LogP contribution is -2.53. The highest BCUT2D eigenvalue weighted by Gasteiger charge is 2.60. The maximum absolute atomic E-state index is 12.4. The van der Waals surface area contributed by atoms with Gasteiger partial charge >= 0.3 is 6.16 Å². The van der Waals surface area contributed by atoms with E-state index in [0.29, 0.717) is 24.0 Å². The lowest BCUT2D eigenvalue weighted by atomic mass is 9.46. The Hall–Kier alpha value is -1.03. The van der Waals surface area contributed by atoms with Crippen LogP contribution in [0.3, 0.4) is 0 Å². The summed E-state index contributed by atoms with van der Waals surface area (Å²) in [5, 5.41) is 0. The molecule has 0 heterocycles. The number of allylic oxidation sites excluding steroid dienone is 1. The largest absolute Gasteiger partial charge is 0.508 e. The Morgan fingerprint density at radius 3 is 2.62 bits per heavy atom. The molecule has 4 aliphatic carbocycles. The number of ether oxygens (including phenoxy) is 3. The molecule has 0 N–H and O–H groups in total. The molecule has 0 aromatic rings. The van der Waals surface area contributed by atoms with Crippen LogP contribution in [-0.2, 0) is 14.2 Å². The van der Waals surface area contributed by atoms with Gasteiger partial charge in [0, 0.05) is 12.0 Å². The van der Waals surface area contributed by atoms with Crippen LogP contribution in [0, 0.1) is 34.5 Å². The molecule has 4 aliphatic rings. The quantitative estimate of drug-likeness (QED) is 0.223. The maximum atomic E-state index is 12.4. The molecule has 0 aromatic carbocycles. The average Bonchev–Trinajstić information content (AvgIpc) is 3.10. The Morgan fingerprint density at radius 2 is 1.84 bits per heavy atom. The lowest BCUT2D eigenvalue weighted by molar-refractivity contribution is -0.109. The van der Waals surface area contributed by atoms with Crippen molar-refractivity contribution in [1.29, 1.82) is 0 Å².